The molecule has 0 rings (SSSR count). The van der Waals surface area contributed by atoms with Crippen LogP contribution in [0.2, 0.25) is 0 Å². The van der Waals surface area contributed by atoms with E-state index in [0.717, 1.165) is 0 Å². The summed E-state index contributed by atoms with van der Waals surface area (Å²) < 4.78 is 0. The molecule has 0 aliphatic rings. The number of imide groups is 1. The molecule has 0 aromatic rings. The fourth-order valence-corrected chi connectivity index (χ4v) is 1.64. The Balaban J connectivity index is 3.89. The van der Waals surface area contributed by atoms with E-state index in [4.69, 9.17) is 10.8 Å². The molecule has 0 fully saturated rings. The second kappa shape index (κ2) is 5.82. The second-order valence-electron chi connectivity index (χ2n) is 2.63. The molecule has 76 valence electrons. The summed E-state index contributed by atoms with van der Waals surface area (Å²) in [5.41, 5.74) is 4.76. The van der Waals surface area contributed by atoms with E-state index in [9.17, 15) is 9.59 Å². The predicted molar refractivity (Wildman–Crippen MR) is 51.3 cm³/mol. The number of nitrogens with two attached hydrogens (primary N) is 1. The van der Waals surface area contributed by atoms with E-state index in [1.165, 1.54) is 11.8 Å². The maximum absolute atomic E-state index is 11.1. The van der Waals surface area contributed by atoms with Gasteiger partial charge in [-0.1, -0.05) is 6.92 Å². The largest absolute Gasteiger partial charge is 0.395 e. The van der Waals surface area contributed by atoms with Gasteiger partial charge in [-0.3, -0.25) is 10.1 Å². The Kier molecular flexibility index (Phi) is 5.48. The van der Waals surface area contributed by atoms with Gasteiger partial charge in [-0.25, -0.2) is 4.79 Å². The average molecular weight is 206 g/mol. The second-order valence-corrected chi connectivity index (χ2v) is 4.41. The smallest absolute Gasteiger partial charge is 0.318 e. The number of carbonyl (C=O) groups is 2. The van der Waals surface area contributed by atoms with Gasteiger partial charge in [0.15, 0.2) is 0 Å². The number of aliphatic hydroxyl groups excluding tert-OH is 1. The molecule has 2 atom stereocenters. The topological polar surface area (TPSA) is 92.4 Å². The van der Waals surface area contributed by atoms with Gasteiger partial charge in [0, 0.05) is 5.25 Å². The molecule has 0 aromatic carbocycles. The summed E-state index contributed by atoms with van der Waals surface area (Å²) in [6.07, 6.45) is 0. The summed E-state index contributed by atoms with van der Waals surface area (Å²) in [6, 6.07) is -0.853. The standard InChI is InChI=1S/C7H14N2O3S/c1-4(3-10)13-5(2)6(11)9-7(8)12/h4-5,10H,3H2,1-2H3,(H3,8,9,11,12). The molecule has 0 aromatic heterocycles. The monoisotopic (exact) mass is 206 g/mol. The first kappa shape index (κ1) is 12.2. The van der Waals surface area contributed by atoms with Gasteiger partial charge in [-0.15, -0.1) is 11.8 Å². The molecule has 13 heavy (non-hydrogen) atoms. The molecule has 0 heterocycles. The van der Waals surface area contributed by atoms with E-state index in [2.05, 4.69) is 0 Å². The molecule has 0 bridgehead atoms. The number of hydrogen-bond acceptors (Lipinski definition) is 4. The minimum absolute atomic E-state index is 0.00113. The Morgan fingerprint density at radius 3 is 2.46 bits per heavy atom. The third-order valence-electron chi connectivity index (χ3n) is 1.31. The van der Waals surface area contributed by atoms with Gasteiger partial charge >= 0.3 is 6.03 Å². The highest BCUT2D eigenvalue weighted by atomic mass is 32.2. The lowest BCUT2D eigenvalue weighted by Gasteiger charge is -2.13. The highest BCUT2D eigenvalue weighted by Gasteiger charge is 2.17. The van der Waals surface area contributed by atoms with Gasteiger partial charge < -0.3 is 10.8 Å². The zero-order chi connectivity index (χ0) is 10.4. The molecule has 0 saturated carbocycles. The highest BCUT2D eigenvalue weighted by molar-refractivity contribution is 8.01. The van der Waals surface area contributed by atoms with Crippen molar-refractivity contribution in [1.82, 2.24) is 5.32 Å². The van der Waals surface area contributed by atoms with Crippen LogP contribution in [0.4, 0.5) is 4.79 Å². The van der Waals surface area contributed by atoms with Crippen molar-refractivity contribution >= 4 is 23.7 Å². The fraction of sp³-hybridized carbons (Fsp3) is 0.714. The van der Waals surface area contributed by atoms with Crippen LogP contribution in [0.5, 0.6) is 0 Å². The van der Waals surface area contributed by atoms with Crippen molar-refractivity contribution in [2.75, 3.05) is 6.61 Å². The van der Waals surface area contributed by atoms with Gasteiger partial charge in [0.2, 0.25) is 5.91 Å². The third-order valence-corrected chi connectivity index (χ3v) is 2.55. The first-order chi connectivity index (χ1) is 5.97. The Labute approximate surface area is 81.1 Å². The number of aliphatic hydroxyl groups is 1. The third kappa shape index (κ3) is 5.48. The Morgan fingerprint density at radius 1 is 1.54 bits per heavy atom. The van der Waals surface area contributed by atoms with Crippen molar-refractivity contribution in [3.8, 4) is 0 Å². The summed E-state index contributed by atoms with van der Waals surface area (Å²) in [5, 5.41) is 10.2. The number of hydrogen-bond donors (Lipinski definition) is 3. The molecule has 3 amide bonds. The van der Waals surface area contributed by atoms with Crippen LogP contribution in [-0.4, -0.2) is 34.2 Å². The van der Waals surface area contributed by atoms with Crippen LogP contribution in [0.1, 0.15) is 13.8 Å². The van der Waals surface area contributed by atoms with Gasteiger partial charge in [-0.2, -0.15) is 0 Å². The first-order valence-electron chi connectivity index (χ1n) is 3.84. The van der Waals surface area contributed by atoms with E-state index in [-0.39, 0.29) is 11.9 Å². The maximum Gasteiger partial charge on any atom is 0.318 e. The van der Waals surface area contributed by atoms with Crippen LogP contribution in [0.3, 0.4) is 0 Å². The molecule has 0 saturated heterocycles. The summed E-state index contributed by atoms with van der Waals surface area (Å²) >= 11 is 1.28. The van der Waals surface area contributed by atoms with Crippen LogP contribution >= 0.6 is 11.8 Å². The van der Waals surface area contributed by atoms with Gasteiger partial charge in [0.1, 0.15) is 0 Å². The molecule has 2 unspecified atom stereocenters. The van der Waals surface area contributed by atoms with Gasteiger partial charge in [0.25, 0.3) is 0 Å². The number of nitrogens with one attached hydrogen (secondary N) is 1. The zero-order valence-corrected chi connectivity index (χ0v) is 8.43. The Morgan fingerprint density at radius 2 is 2.08 bits per heavy atom. The SMILES string of the molecule is CC(CO)SC(C)C(=O)NC(N)=O. The van der Waals surface area contributed by atoms with Crippen LogP contribution < -0.4 is 11.1 Å². The van der Waals surface area contributed by atoms with Crippen LogP contribution in [0, 0.1) is 0 Å². The minimum atomic E-state index is -0.853. The van der Waals surface area contributed by atoms with E-state index < -0.39 is 17.2 Å². The number of thioether (sulfide) groups is 1. The fourth-order valence-electron chi connectivity index (χ4n) is 0.676. The number of rotatable bonds is 4. The zero-order valence-electron chi connectivity index (χ0n) is 7.61. The molecule has 5 nitrogen and oxygen atoms in total. The predicted octanol–water partition coefficient (Wildman–Crippen LogP) is -0.316. The summed E-state index contributed by atoms with van der Waals surface area (Å²) in [7, 11) is 0. The molecule has 0 radical (unpaired) electrons. The molecular weight excluding hydrogens is 192 g/mol. The van der Waals surface area contributed by atoms with E-state index >= 15 is 0 Å². The van der Waals surface area contributed by atoms with Crippen molar-refractivity contribution < 1.29 is 14.7 Å². The summed E-state index contributed by atoms with van der Waals surface area (Å²) in [6.45, 7) is 3.44. The van der Waals surface area contributed by atoms with E-state index in [0.29, 0.717) is 0 Å². The lowest BCUT2D eigenvalue weighted by Crippen LogP contribution is -2.40. The Bertz CT molecular complexity index is 198. The lowest BCUT2D eigenvalue weighted by molar-refractivity contribution is -0.119. The molecule has 6 heteroatoms. The normalized spacial score (nSPS) is 14.7. The number of amides is 3. The van der Waals surface area contributed by atoms with E-state index in [1.54, 1.807) is 13.8 Å². The van der Waals surface area contributed by atoms with E-state index in [1.807, 2.05) is 5.32 Å². The van der Waals surface area contributed by atoms with Crippen LogP contribution in [0.15, 0.2) is 0 Å². The van der Waals surface area contributed by atoms with Crippen molar-refractivity contribution in [2.45, 2.75) is 24.3 Å². The molecule has 0 spiro atoms. The van der Waals surface area contributed by atoms with Gasteiger partial charge in [-0.05, 0) is 6.92 Å². The molecule has 0 aliphatic carbocycles. The lowest BCUT2D eigenvalue weighted by atomic mass is 10.4. The molecule has 0 aliphatic heterocycles. The maximum atomic E-state index is 11.1. The molecule has 4 N–H and O–H groups in total. The van der Waals surface area contributed by atoms with Crippen molar-refractivity contribution in [1.29, 1.82) is 0 Å². The number of primary amides is 1. The summed E-state index contributed by atoms with van der Waals surface area (Å²) in [4.78, 5) is 21.4. The number of urea groups is 1. The minimum Gasteiger partial charge on any atom is -0.395 e. The highest BCUT2D eigenvalue weighted by Crippen LogP contribution is 2.16. The number of carbonyl (C=O) groups excluding carboxylic acids is 2. The Hall–Kier alpha value is -0.750. The van der Waals surface area contributed by atoms with Crippen molar-refractivity contribution in [3.05, 3.63) is 0 Å². The quantitative estimate of drug-likeness (QED) is 0.588. The molecular formula is C7H14N2O3S. The van der Waals surface area contributed by atoms with Crippen molar-refractivity contribution in [2.24, 2.45) is 5.73 Å². The summed E-state index contributed by atoms with van der Waals surface area (Å²) in [5.74, 6) is -0.433. The van der Waals surface area contributed by atoms with Crippen LogP contribution in [-0.2, 0) is 4.79 Å². The van der Waals surface area contributed by atoms with Crippen LogP contribution in [0.25, 0.3) is 0 Å². The first-order valence-corrected chi connectivity index (χ1v) is 4.78. The van der Waals surface area contributed by atoms with Crippen molar-refractivity contribution in [3.63, 3.8) is 0 Å². The average Bonchev–Trinajstić information content (AvgIpc) is 2.02. The van der Waals surface area contributed by atoms with Gasteiger partial charge in [0.05, 0.1) is 11.9 Å².